The van der Waals surface area contributed by atoms with Gasteiger partial charge in [-0.2, -0.15) is 5.10 Å². The van der Waals surface area contributed by atoms with Crippen LogP contribution in [-0.4, -0.2) is 28.0 Å². The quantitative estimate of drug-likeness (QED) is 0.363. The first-order valence-corrected chi connectivity index (χ1v) is 11.0. The standard InChI is InChI=1S/C20H21BrN4O2S2/c1-4-15-12(2)29-18(17(15)19(26)27-3)23-20(28)22-16-9-10-25(24-16)11-13-5-7-14(21)8-6-13/h5-10H,4,11H2,1-3H3,(H2,22,23,24,28). The first-order valence-electron chi connectivity index (χ1n) is 8.97. The monoisotopic (exact) mass is 492 g/mol. The van der Waals surface area contributed by atoms with Crippen molar-refractivity contribution in [2.45, 2.75) is 26.8 Å². The smallest absolute Gasteiger partial charge is 0.341 e. The van der Waals surface area contributed by atoms with Gasteiger partial charge in [-0.25, -0.2) is 4.79 Å². The molecule has 6 nitrogen and oxygen atoms in total. The van der Waals surface area contributed by atoms with E-state index in [1.54, 1.807) is 0 Å². The van der Waals surface area contributed by atoms with Gasteiger partial charge in [0.15, 0.2) is 10.9 Å². The Bertz CT molecular complexity index is 1030. The number of thiocarbonyl (C=S) groups is 1. The van der Waals surface area contributed by atoms with Gasteiger partial charge < -0.3 is 15.4 Å². The molecule has 0 radical (unpaired) electrons. The van der Waals surface area contributed by atoms with E-state index in [9.17, 15) is 4.79 Å². The Hall–Kier alpha value is -2.23. The highest BCUT2D eigenvalue weighted by Gasteiger charge is 2.22. The van der Waals surface area contributed by atoms with E-state index >= 15 is 0 Å². The van der Waals surface area contributed by atoms with Gasteiger partial charge in [0.1, 0.15) is 5.00 Å². The van der Waals surface area contributed by atoms with Crippen LogP contribution in [-0.2, 0) is 17.7 Å². The molecule has 0 aliphatic rings. The van der Waals surface area contributed by atoms with Crippen molar-refractivity contribution in [1.29, 1.82) is 0 Å². The third kappa shape index (κ3) is 5.23. The maximum Gasteiger partial charge on any atom is 0.341 e. The fraction of sp³-hybridized carbons (Fsp3) is 0.250. The summed E-state index contributed by atoms with van der Waals surface area (Å²) in [5, 5.41) is 11.7. The third-order valence-corrected chi connectivity index (χ3v) is 6.11. The number of carbonyl (C=O) groups is 1. The molecule has 9 heteroatoms. The van der Waals surface area contributed by atoms with Crippen molar-refractivity contribution >= 4 is 61.4 Å². The molecule has 0 saturated heterocycles. The number of ether oxygens (including phenoxy) is 1. The van der Waals surface area contributed by atoms with Crippen LogP contribution in [0.2, 0.25) is 0 Å². The number of nitrogens with one attached hydrogen (secondary N) is 2. The van der Waals surface area contributed by atoms with Gasteiger partial charge in [-0.15, -0.1) is 11.3 Å². The maximum absolute atomic E-state index is 12.2. The minimum Gasteiger partial charge on any atom is -0.465 e. The van der Waals surface area contributed by atoms with Gasteiger partial charge >= 0.3 is 5.97 Å². The summed E-state index contributed by atoms with van der Waals surface area (Å²) in [6, 6.07) is 9.95. The van der Waals surface area contributed by atoms with Crippen molar-refractivity contribution in [2.75, 3.05) is 17.7 Å². The fourth-order valence-electron chi connectivity index (χ4n) is 2.95. The number of methoxy groups -OCH3 is 1. The van der Waals surface area contributed by atoms with Gasteiger partial charge in [0.2, 0.25) is 0 Å². The summed E-state index contributed by atoms with van der Waals surface area (Å²) in [4.78, 5) is 13.3. The molecule has 2 aromatic heterocycles. The molecule has 0 spiro atoms. The van der Waals surface area contributed by atoms with Crippen LogP contribution in [0.1, 0.15) is 33.3 Å². The number of hydrogen-bond acceptors (Lipinski definition) is 5. The first-order chi connectivity index (χ1) is 13.9. The van der Waals surface area contributed by atoms with Crippen molar-refractivity contribution in [3.63, 3.8) is 0 Å². The molecule has 0 unspecified atom stereocenters. The van der Waals surface area contributed by atoms with Crippen molar-refractivity contribution in [3.05, 3.63) is 62.6 Å². The number of anilines is 2. The van der Waals surface area contributed by atoms with Crippen LogP contribution in [0.15, 0.2) is 41.0 Å². The second-order valence-electron chi connectivity index (χ2n) is 6.29. The number of aromatic nitrogens is 2. The van der Waals surface area contributed by atoms with Gasteiger partial charge in [-0.05, 0) is 48.8 Å². The summed E-state index contributed by atoms with van der Waals surface area (Å²) in [7, 11) is 1.38. The highest BCUT2D eigenvalue weighted by molar-refractivity contribution is 9.10. The van der Waals surface area contributed by atoms with Crippen LogP contribution in [0.5, 0.6) is 0 Å². The van der Waals surface area contributed by atoms with E-state index in [0.717, 1.165) is 26.9 Å². The summed E-state index contributed by atoms with van der Waals surface area (Å²) in [5.41, 5.74) is 2.67. The van der Waals surface area contributed by atoms with E-state index in [1.807, 2.05) is 55.1 Å². The molecule has 0 saturated carbocycles. The Morgan fingerprint density at radius 1 is 1.28 bits per heavy atom. The third-order valence-electron chi connectivity index (χ3n) is 4.32. The molecule has 0 atom stereocenters. The predicted molar refractivity (Wildman–Crippen MR) is 125 cm³/mol. The predicted octanol–water partition coefficient (Wildman–Crippen LogP) is 5.22. The first kappa shape index (κ1) is 21.5. The Kier molecular flexibility index (Phi) is 7.05. The summed E-state index contributed by atoms with van der Waals surface area (Å²) in [6.07, 6.45) is 2.63. The molecular weight excluding hydrogens is 472 g/mol. The number of rotatable bonds is 6. The Morgan fingerprint density at radius 3 is 2.66 bits per heavy atom. The number of halogens is 1. The van der Waals surface area contributed by atoms with Gasteiger partial charge in [-0.1, -0.05) is 35.0 Å². The van der Waals surface area contributed by atoms with Crippen LogP contribution < -0.4 is 10.6 Å². The van der Waals surface area contributed by atoms with Crippen LogP contribution in [0.3, 0.4) is 0 Å². The topological polar surface area (TPSA) is 68.2 Å². The number of benzene rings is 1. The Morgan fingerprint density at radius 2 is 2.00 bits per heavy atom. The fourth-order valence-corrected chi connectivity index (χ4v) is 4.63. The molecular formula is C20H21BrN4O2S2. The molecule has 0 fully saturated rings. The summed E-state index contributed by atoms with van der Waals surface area (Å²) in [6.45, 7) is 4.66. The number of aryl methyl sites for hydroxylation is 1. The summed E-state index contributed by atoms with van der Waals surface area (Å²) < 4.78 is 7.82. The Balaban J connectivity index is 1.68. The zero-order chi connectivity index (χ0) is 21.0. The minimum absolute atomic E-state index is 0.365. The lowest BCUT2D eigenvalue weighted by molar-refractivity contribution is 0.0601. The lowest BCUT2D eigenvalue weighted by Crippen LogP contribution is -2.20. The SMILES string of the molecule is CCc1c(C)sc(NC(=S)Nc2ccn(Cc3ccc(Br)cc3)n2)c1C(=O)OC. The molecule has 2 N–H and O–H groups in total. The van der Waals surface area contributed by atoms with Crippen LogP contribution in [0, 0.1) is 6.92 Å². The van der Waals surface area contributed by atoms with Crippen LogP contribution in [0.25, 0.3) is 0 Å². The minimum atomic E-state index is -0.365. The molecule has 2 heterocycles. The van der Waals surface area contributed by atoms with E-state index in [1.165, 1.54) is 18.4 Å². The lowest BCUT2D eigenvalue weighted by Gasteiger charge is -2.09. The van der Waals surface area contributed by atoms with Gasteiger partial charge in [0, 0.05) is 21.6 Å². The van der Waals surface area contributed by atoms with Crippen molar-refractivity contribution in [3.8, 4) is 0 Å². The van der Waals surface area contributed by atoms with E-state index in [-0.39, 0.29) is 5.97 Å². The summed E-state index contributed by atoms with van der Waals surface area (Å²) in [5.74, 6) is 0.262. The number of carbonyl (C=O) groups excluding carboxylic acids is 1. The molecule has 152 valence electrons. The molecule has 3 aromatic rings. The van der Waals surface area contributed by atoms with Crippen molar-refractivity contribution in [1.82, 2.24) is 9.78 Å². The molecule has 29 heavy (non-hydrogen) atoms. The van der Waals surface area contributed by atoms with Crippen LogP contribution in [0.4, 0.5) is 10.8 Å². The normalized spacial score (nSPS) is 10.6. The van der Waals surface area contributed by atoms with Crippen molar-refractivity contribution < 1.29 is 9.53 Å². The highest BCUT2D eigenvalue weighted by atomic mass is 79.9. The number of hydrogen-bond donors (Lipinski definition) is 2. The molecule has 0 aliphatic heterocycles. The molecule has 1 aromatic carbocycles. The van der Waals surface area contributed by atoms with E-state index in [0.29, 0.717) is 28.0 Å². The van der Waals surface area contributed by atoms with E-state index in [4.69, 9.17) is 17.0 Å². The van der Waals surface area contributed by atoms with Gasteiger partial charge in [0.05, 0.1) is 19.2 Å². The van der Waals surface area contributed by atoms with E-state index in [2.05, 4.69) is 31.7 Å². The average molecular weight is 493 g/mol. The number of nitrogens with zero attached hydrogens (tertiary/aromatic N) is 2. The largest absolute Gasteiger partial charge is 0.465 e. The second-order valence-corrected chi connectivity index (χ2v) is 8.84. The zero-order valence-corrected chi connectivity index (χ0v) is 19.5. The lowest BCUT2D eigenvalue weighted by atomic mass is 10.1. The molecule has 0 amide bonds. The molecule has 0 aliphatic carbocycles. The number of thiophene rings is 1. The van der Waals surface area contributed by atoms with E-state index < -0.39 is 0 Å². The number of esters is 1. The summed E-state index contributed by atoms with van der Waals surface area (Å²) >= 11 is 10.3. The maximum atomic E-state index is 12.2. The Labute approximate surface area is 187 Å². The highest BCUT2D eigenvalue weighted by Crippen LogP contribution is 2.34. The molecule has 0 bridgehead atoms. The van der Waals surface area contributed by atoms with Crippen LogP contribution >= 0.6 is 39.5 Å². The average Bonchev–Trinajstić information content (AvgIpc) is 3.25. The van der Waals surface area contributed by atoms with Crippen molar-refractivity contribution in [2.24, 2.45) is 0 Å². The van der Waals surface area contributed by atoms with Gasteiger partial charge in [0.25, 0.3) is 0 Å². The zero-order valence-electron chi connectivity index (χ0n) is 16.3. The second kappa shape index (κ2) is 9.51. The van der Waals surface area contributed by atoms with Gasteiger partial charge in [-0.3, -0.25) is 4.68 Å². The molecule has 3 rings (SSSR count).